The standard InChI is InChI=1S/C21H26N2O4/c22-14-8-7-13-21(16-24,23-19(25)18-11-5-2-6-12-18)20(26)27-15-17-9-3-1-4-10-17/h1-6,9-12,24H,7-8,13-16,22H2,(H,23,25)/t21-/m0/s1. The van der Waals surface area contributed by atoms with Crippen LogP contribution >= 0.6 is 0 Å². The Morgan fingerprint density at radius 1 is 1.00 bits per heavy atom. The monoisotopic (exact) mass is 370 g/mol. The molecule has 2 rings (SSSR count). The summed E-state index contributed by atoms with van der Waals surface area (Å²) >= 11 is 0. The highest BCUT2D eigenvalue weighted by atomic mass is 16.5. The van der Waals surface area contributed by atoms with Gasteiger partial charge in [0.05, 0.1) is 6.61 Å². The normalized spacial score (nSPS) is 12.8. The maximum absolute atomic E-state index is 12.8. The molecule has 1 atom stereocenters. The molecule has 0 aliphatic heterocycles. The van der Waals surface area contributed by atoms with Crippen LogP contribution in [-0.4, -0.2) is 35.7 Å². The number of aliphatic hydroxyl groups is 1. The Morgan fingerprint density at radius 2 is 1.63 bits per heavy atom. The zero-order valence-electron chi connectivity index (χ0n) is 15.3. The van der Waals surface area contributed by atoms with Gasteiger partial charge in [-0.15, -0.1) is 0 Å². The highest BCUT2D eigenvalue weighted by Crippen LogP contribution is 2.19. The van der Waals surface area contributed by atoms with Gasteiger partial charge < -0.3 is 20.9 Å². The molecule has 0 spiro atoms. The van der Waals surface area contributed by atoms with E-state index in [0.717, 1.165) is 5.56 Å². The van der Waals surface area contributed by atoms with Crippen LogP contribution in [-0.2, 0) is 16.1 Å². The number of esters is 1. The predicted molar refractivity (Wildman–Crippen MR) is 103 cm³/mol. The predicted octanol–water partition coefficient (Wildman–Crippen LogP) is 2.02. The summed E-state index contributed by atoms with van der Waals surface area (Å²) in [6.07, 6.45) is 1.49. The maximum atomic E-state index is 12.8. The van der Waals surface area contributed by atoms with Gasteiger partial charge >= 0.3 is 5.97 Å². The third-order valence-electron chi connectivity index (χ3n) is 4.32. The Balaban J connectivity index is 2.14. The van der Waals surface area contributed by atoms with Crippen molar-refractivity contribution >= 4 is 11.9 Å². The van der Waals surface area contributed by atoms with Gasteiger partial charge in [0.15, 0.2) is 5.54 Å². The second kappa shape index (κ2) is 10.4. The van der Waals surface area contributed by atoms with Crippen LogP contribution in [0.1, 0.15) is 35.2 Å². The average molecular weight is 370 g/mol. The number of nitrogens with two attached hydrogens (primary N) is 1. The van der Waals surface area contributed by atoms with Crippen molar-refractivity contribution in [3.05, 3.63) is 71.8 Å². The van der Waals surface area contributed by atoms with E-state index in [1.807, 2.05) is 30.3 Å². The van der Waals surface area contributed by atoms with Crippen LogP contribution < -0.4 is 11.1 Å². The summed E-state index contributed by atoms with van der Waals surface area (Å²) in [6, 6.07) is 17.8. The molecule has 0 bridgehead atoms. The molecule has 27 heavy (non-hydrogen) atoms. The molecule has 0 aromatic heterocycles. The zero-order chi connectivity index (χ0) is 19.5. The molecule has 0 saturated carbocycles. The Morgan fingerprint density at radius 3 is 2.22 bits per heavy atom. The lowest BCUT2D eigenvalue weighted by atomic mass is 9.92. The van der Waals surface area contributed by atoms with Gasteiger partial charge in [0, 0.05) is 5.56 Å². The van der Waals surface area contributed by atoms with E-state index in [2.05, 4.69) is 5.32 Å². The molecule has 0 aliphatic rings. The number of carbonyl (C=O) groups is 2. The van der Waals surface area contributed by atoms with Crippen LogP contribution in [0.25, 0.3) is 0 Å². The summed E-state index contributed by atoms with van der Waals surface area (Å²) < 4.78 is 5.41. The zero-order valence-corrected chi connectivity index (χ0v) is 15.3. The highest BCUT2D eigenvalue weighted by Gasteiger charge is 2.40. The lowest BCUT2D eigenvalue weighted by Gasteiger charge is -2.31. The molecule has 2 aromatic carbocycles. The molecule has 6 nitrogen and oxygen atoms in total. The van der Waals surface area contributed by atoms with Gasteiger partial charge in [-0.05, 0) is 43.5 Å². The largest absolute Gasteiger partial charge is 0.459 e. The summed E-state index contributed by atoms with van der Waals surface area (Å²) in [5, 5.41) is 12.7. The van der Waals surface area contributed by atoms with E-state index in [1.54, 1.807) is 30.3 Å². The van der Waals surface area contributed by atoms with E-state index in [0.29, 0.717) is 24.9 Å². The minimum atomic E-state index is -1.50. The van der Waals surface area contributed by atoms with Crippen molar-refractivity contribution in [1.82, 2.24) is 5.32 Å². The van der Waals surface area contributed by atoms with Crippen LogP contribution in [0.15, 0.2) is 60.7 Å². The lowest BCUT2D eigenvalue weighted by molar-refractivity contribution is -0.155. The van der Waals surface area contributed by atoms with E-state index in [-0.39, 0.29) is 13.0 Å². The minimum absolute atomic E-state index is 0.0690. The molecule has 144 valence electrons. The SMILES string of the molecule is NCCCC[C@@](CO)(NC(=O)c1ccccc1)C(=O)OCc1ccccc1. The highest BCUT2D eigenvalue weighted by molar-refractivity contribution is 5.98. The molecule has 0 fully saturated rings. The summed E-state index contributed by atoms with van der Waals surface area (Å²) in [6.45, 7) is -0.0174. The molecule has 0 unspecified atom stereocenters. The van der Waals surface area contributed by atoms with Crippen molar-refractivity contribution in [2.45, 2.75) is 31.4 Å². The summed E-state index contributed by atoms with van der Waals surface area (Å²) in [5.74, 6) is -1.09. The van der Waals surface area contributed by atoms with Gasteiger partial charge in [0.2, 0.25) is 0 Å². The first-order chi connectivity index (χ1) is 13.1. The van der Waals surface area contributed by atoms with Crippen molar-refractivity contribution in [3.8, 4) is 0 Å². The molecule has 0 aliphatic carbocycles. The number of carbonyl (C=O) groups excluding carboxylic acids is 2. The van der Waals surface area contributed by atoms with E-state index in [4.69, 9.17) is 10.5 Å². The summed E-state index contributed by atoms with van der Waals surface area (Å²) in [4.78, 5) is 25.4. The van der Waals surface area contributed by atoms with Crippen LogP contribution in [0.5, 0.6) is 0 Å². The quantitative estimate of drug-likeness (QED) is 0.439. The maximum Gasteiger partial charge on any atom is 0.334 e. The molecule has 0 saturated heterocycles. The molecule has 6 heteroatoms. The number of benzene rings is 2. The number of rotatable bonds is 10. The van der Waals surface area contributed by atoms with Crippen LogP contribution in [0, 0.1) is 0 Å². The Hall–Kier alpha value is -2.70. The van der Waals surface area contributed by atoms with E-state index >= 15 is 0 Å². The van der Waals surface area contributed by atoms with Crippen molar-refractivity contribution in [2.75, 3.05) is 13.2 Å². The molecule has 0 radical (unpaired) electrons. The third kappa shape index (κ3) is 5.91. The Bertz CT molecular complexity index is 721. The van der Waals surface area contributed by atoms with Gasteiger partial charge in [-0.25, -0.2) is 4.79 Å². The second-order valence-electron chi connectivity index (χ2n) is 6.37. The topological polar surface area (TPSA) is 102 Å². The van der Waals surface area contributed by atoms with Crippen molar-refractivity contribution in [1.29, 1.82) is 0 Å². The van der Waals surface area contributed by atoms with Gasteiger partial charge in [-0.2, -0.15) is 0 Å². The van der Waals surface area contributed by atoms with Gasteiger partial charge in [-0.3, -0.25) is 4.79 Å². The van der Waals surface area contributed by atoms with Crippen LogP contribution in [0.2, 0.25) is 0 Å². The lowest BCUT2D eigenvalue weighted by Crippen LogP contribution is -2.58. The van der Waals surface area contributed by atoms with Gasteiger partial charge in [0.25, 0.3) is 5.91 Å². The smallest absolute Gasteiger partial charge is 0.334 e. The second-order valence-corrected chi connectivity index (χ2v) is 6.37. The summed E-state index contributed by atoms with van der Waals surface area (Å²) in [5.41, 5.74) is 5.27. The fourth-order valence-corrected chi connectivity index (χ4v) is 2.71. The fourth-order valence-electron chi connectivity index (χ4n) is 2.71. The number of amides is 1. The van der Waals surface area contributed by atoms with E-state index in [9.17, 15) is 14.7 Å². The van der Waals surface area contributed by atoms with Gasteiger partial charge in [-0.1, -0.05) is 48.5 Å². The molecule has 0 heterocycles. The summed E-state index contributed by atoms with van der Waals surface area (Å²) in [7, 11) is 0. The third-order valence-corrected chi connectivity index (χ3v) is 4.32. The molecule has 4 N–H and O–H groups in total. The number of aliphatic hydroxyl groups excluding tert-OH is 1. The van der Waals surface area contributed by atoms with Crippen LogP contribution in [0.4, 0.5) is 0 Å². The number of ether oxygens (including phenoxy) is 1. The van der Waals surface area contributed by atoms with Crippen molar-refractivity contribution in [3.63, 3.8) is 0 Å². The van der Waals surface area contributed by atoms with Gasteiger partial charge in [0.1, 0.15) is 6.61 Å². The van der Waals surface area contributed by atoms with Crippen LogP contribution in [0.3, 0.4) is 0 Å². The van der Waals surface area contributed by atoms with Crippen molar-refractivity contribution in [2.24, 2.45) is 5.73 Å². The first kappa shape index (κ1) is 20.6. The molecule has 1 amide bonds. The first-order valence-electron chi connectivity index (χ1n) is 9.01. The molecule has 2 aromatic rings. The van der Waals surface area contributed by atoms with E-state index in [1.165, 1.54) is 0 Å². The fraction of sp³-hybridized carbons (Fsp3) is 0.333. The Labute approximate surface area is 159 Å². The first-order valence-corrected chi connectivity index (χ1v) is 9.01. The molecular formula is C21H26N2O4. The number of nitrogens with one attached hydrogen (secondary N) is 1. The Kier molecular flexibility index (Phi) is 7.98. The minimum Gasteiger partial charge on any atom is -0.459 e. The molecular weight excluding hydrogens is 344 g/mol. The van der Waals surface area contributed by atoms with Crippen molar-refractivity contribution < 1.29 is 19.4 Å². The number of hydrogen-bond acceptors (Lipinski definition) is 5. The number of hydrogen-bond donors (Lipinski definition) is 3. The number of unbranched alkanes of at least 4 members (excludes halogenated alkanes) is 1. The van der Waals surface area contributed by atoms with E-state index < -0.39 is 24.0 Å². The average Bonchev–Trinajstić information content (AvgIpc) is 2.72.